The molecule has 3 aromatic rings. The number of halogens is 1. The number of hydrogen-bond acceptors (Lipinski definition) is 4. The molecule has 0 fully saturated rings. The van der Waals surface area contributed by atoms with Crippen LogP contribution in [0.25, 0.3) is 11.3 Å². The van der Waals surface area contributed by atoms with E-state index in [1.54, 1.807) is 24.4 Å². The van der Waals surface area contributed by atoms with E-state index in [0.717, 1.165) is 22.8 Å². The van der Waals surface area contributed by atoms with Crippen molar-refractivity contribution in [2.24, 2.45) is 0 Å². The van der Waals surface area contributed by atoms with Gasteiger partial charge in [0.25, 0.3) is 5.91 Å². The summed E-state index contributed by atoms with van der Waals surface area (Å²) >= 11 is 1.12. The van der Waals surface area contributed by atoms with Gasteiger partial charge in [-0.25, -0.2) is 4.39 Å². The minimum atomic E-state index is -0.300. The third kappa shape index (κ3) is 3.60. The maximum Gasteiger partial charge on any atom is 0.263 e. The molecular formula is C17H14FN3OS. The third-order valence-electron chi connectivity index (χ3n) is 3.35. The summed E-state index contributed by atoms with van der Waals surface area (Å²) in [4.78, 5) is 17.0. The molecular weight excluding hydrogens is 313 g/mol. The van der Waals surface area contributed by atoms with Gasteiger partial charge in [0.05, 0.1) is 17.4 Å². The van der Waals surface area contributed by atoms with Crippen LogP contribution in [-0.2, 0) is 0 Å². The molecule has 0 aliphatic carbocycles. The van der Waals surface area contributed by atoms with Gasteiger partial charge in [0, 0.05) is 11.8 Å². The minimum absolute atomic E-state index is 0.194. The Morgan fingerprint density at radius 1 is 1.22 bits per heavy atom. The van der Waals surface area contributed by atoms with Gasteiger partial charge in [-0.1, -0.05) is 6.07 Å². The molecule has 0 saturated carbocycles. The number of nitrogens with zero attached hydrogens (tertiary/aromatic N) is 2. The van der Waals surface area contributed by atoms with E-state index in [9.17, 15) is 9.18 Å². The Bertz CT molecular complexity index is 802. The molecule has 0 radical (unpaired) electrons. The Balaban J connectivity index is 1.72. The average Bonchev–Trinajstić information content (AvgIpc) is 3.06. The van der Waals surface area contributed by atoms with E-state index in [4.69, 9.17) is 0 Å². The van der Waals surface area contributed by atoms with Crippen molar-refractivity contribution in [3.05, 3.63) is 71.1 Å². The second kappa shape index (κ2) is 6.66. The fraction of sp³-hybridized carbons (Fsp3) is 0.118. The van der Waals surface area contributed by atoms with Gasteiger partial charge in [-0.2, -0.15) is 4.37 Å². The standard InChI is InChI=1S/C17H14FN3OS/c1-11(14-4-2-3-9-19-14)20-17(22)16-10-15(21-23-16)12-5-7-13(18)8-6-12/h2-11H,1H3,(H,20,22)/t11-/m0/s1. The maximum absolute atomic E-state index is 13.0. The summed E-state index contributed by atoms with van der Waals surface area (Å²) in [5.41, 5.74) is 2.23. The van der Waals surface area contributed by atoms with E-state index in [0.29, 0.717) is 10.6 Å². The Hall–Kier alpha value is -2.60. The van der Waals surface area contributed by atoms with Crippen LogP contribution in [0.15, 0.2) is 54.7 Å². The third-order valence-corrected chi connectivity index (χ3v) is 4.14. The number of nitrogens with one attached hydrogen (secondary N) is 1. The van der Waals surface area contributed by atoms with Crippen molar-refractivity contribution in [3.8, 4) is 11.3 Å². The van der Waals surface area contributed by atoms with Crippen molar-refractivity contribution >= 4 is 17.4 Å². The van der Waals surface area contributed by atoms with E-state index in [2.05, 4.69) is 14.7 Å². The molecule has 1 amide bonds. The molecule has 0 aliphatic heterocycles. The average molecular weight is 327 g/mol. The van der Waals surface area contributed by atoms with E-state index in [1.165, 1.54) is 12.1 Å². The molecule has 6 heteroatoms. The van der Waals surface area contributed by atoms with Crippen LogP contribution >= 0.6 is 11.5 Å². The number of carbonyl (C=O) groups is 1. The quantitative estimate of drug-likeness (QED) is 0.792. The summed E-state index contributed by atoms with van der Waals surface area (Å²) in [5, 5.41) is 2.90. The number of aromatic nitrogens is 2. The van der Waals surface area contributed by atoms with Crippen molar-refractivity contribution in [2.45, 2.75) is 13.0 Å². The highest BCUT2D eigenvalue weighted by Gasteiger charge is 2.15. The summed E-state index contributed by atoms with van der Waals surface area (Å²) in [6.07, 6.45) is 1.69. The number of benzene rings is 1. The number of carbonyl (C=O) groups excluding carboxylic acids is 1. The van der Waals surface area contributed by atoms with Crippen molar-refractivity contribution in [3.63, 3.8) is 0 Å². The highest BCUT2D eigenvalue weighted by molar-refractivity contribution is 7.08. The molecule has 2 aromatic heterocycles. The summed E-state index contributed by atoms with van der Waals surface area (Å²) in [7, 11) is 0. The summed E-state index contributed by atoms with van der Waals surface area (Å²) in [6.45, 7) is 1.88. The molecule has 0 aliphatic rings. The Labute approximate surface area is 137 Å². The zero-order valence-corrected chi connectivity index (χ0v) is 13.2. The van der Waals surface area contributed by atoms with Crippen LogP contribution in [0.5, 0.6) is 0 Å². The molecule has 0 spiro atoms. The lowest BCUT2D eigenvalue weighted by Crippen LogP contribution is -2.26. The molecule has 4 nitrogen and oxygen atoms in total. The maximum atomic E-state index is 13.0. The predicted octanol–water partition coefficient (Wildman–Crippen LogP) is 3.84. The Kier molecular flexibility index (Phi) is 4.43. The highest BCUT2D eigenvalue weighted by Crippen LogP contribution is 2.22. The molecule has 1 N–H and O–H groups in total. The minimum Gasteiger partial charge on any atom is -0.343 e. The molecule has 116 valence electrons. The first kappa shape index (κ1) is 15.3. The molecule has 23 heavy (non-hydrogen) atoms. The summed E-state index contributed by atoms with van der Waals surface area (Å²) < 4.78 is 17.2. The van der Waals surface area contributed by atoms with E-state index >= 15 is 0 Å². The van der Waals surface area contributed by atoms with E-state index in [1.807, 2.05) is 25.1 Å². The van der Waals surface area contributed by atoms with Crippen LogP contribution < -0.4 is 5.32 Å². The second-order valence-electron chi connectivity index (χ2n) is 5.03. The fourth-order valence-corrected chi connectivity index (χ4v) is 2.77. The summed E-state index contributed by atoms with van der Waals surface area (Å²) in [6, 6.07) is 13.1. The van der Waals surface area contributed by atoms with Gasteiger partial charge in [-0.15, -0.1) is 0 Å². The topological polar surface area (TPSA) is 54.9 Å². The van der Waals surface area contributed by atoms with Gasteiger partial charge in [-0.05, 0) is 60.9 Å². The van der Waals surface area contributed by atoms with Crippen LogP contribution in [-0.4, -0.2) is 15.3 Å². The van der Waals surface area contributed by atoms with Gasteiger partial charge in [0.2, 0.25) is 0 Å². The van der Waals surface area contributed by atoms with Crippen molar-refractivity contribution in [1.29, 1.82) is 0 Å². The Morgan fingerprint density at radius 3 is 2.70 bits per heavy atom. The monoisotopic (exact) mass is 327 g/mol. The number of pyridine rings is 1. The van der Waals surface area contributed by atoms with Crippen molar-refractivity contribution < 1.29 is 9.18 Å². The van der Waals surface area contributed by atoms with Gasteiger partial charge in [-0.3, -0.25) is 9.78 Å². The largest absolute Gasteiger partial charge is 0.343 e. The molecule has 0 bridgehead atoms. The summed E-state index contributed by atoms with van der Waals surface area (Å²) in [5.74, 6) is -0.500. The zero-order chi connectivity index (χ0) is 16.2. The van der Waals surface area contributed by atoms with Crippen molar-refractivity contribution in [2.75, 3.05) is 0 Å². The number of rotatable bonds is 4. The van der Waals surface area contributed by atoms with Crippen LogP contribution in [0.4, 0.5) is 4.39 Å². The fourth-order valence-electron chi connectivity index (χ4n) is 2.11. The molecule has 2 heterocycles. The predicted molar refractivity (Wildman–Crippen MR) is 87.6 cm³/mol. The lowest BCUT2D eigenvalue weighted by Gasteiger charge is -2.11. The normalized spacial score (nSPS) is 11.9. The van der Waals surface area contributed by atoms with Gasteiger partial charge < -0.3 is 5.32 Å². The number of hydrogen-bond donors (Lipinski definition) is 1. The SMILES string of the molecule is C[C@H](NC(=O)c1cc(-c2ccc(F)cc2)ns1)c1ccccn1. The smallest absolute Gasteiger partial charge is 0.263 e. The van der Waals surface area contributed by atoms with E-state index < -0.39 is 0 Å². The van der Waals surface area contributed by atoms with Crippen molar-refractivity contribution in [1.82, 2.24) is 14.7 Å². The highest BCUT2D eigenvalue weighted by atomic mass is 32.1. The van der Waals surface area contributed by atoms with E-state index in [-0.39, 0.29) is 17.8 Å². The lowest BCUT2D eigenvalue weighted by atomic mass is 10.1. The zero-order valence-electron chi connectivity index (χ0n) is 12.4. The Morgan fingerprint density at radius 2 is 2.00 bits per heavy atom. The van der Waals surface area contributed by atoms with Crippen LogP contribution in [0.1, 0.15) is 28.3 Å². The van der Waals surface area contributed by atoms with Crippen LogP contribution in [0.3, 0.4) is 0 Å². The molecule has 3 rings (SSSR count). The lowest BCUT2D eigenvalue weighted by molar-refractivity contribution is 0.0943. The first-order chi connectivity index (χ1) is 11.1. The number of amides is 1. The van der Waals surface area contributed by atoms with Crippen LogP contribution in [0, 0.1) is 5.82 Å². The first-order valence-electron chi connectivity index (χ1n) is 7.08. The van der Waals surface area contributed by atoms with Crippen LogP contribution in [0.2, 0.25) is 0 Å². The molecule has 1 atom stereocenters. The molecule has 1 aromatic carbocycles. The first-order valence-corrected chi connectivity index (χ1v) is 7.85. The van der Waals surface area contributed by atoms with Gasteiger partial charge in [0.15, 0.2) is 0 Å². The van der Waals surface area contributed by atoms with Gasteiger partial charge in [0.1, 0.15) is 10.7 Å². The second-order valence-corrected chi connectivity index (χ2v) is 5.84. The van der Waals surface area contributed by atoms with Gasteiger partial charge >= 0.3 is 0 Å². The molecule has 0 unspecified atom stereocenters. The molecule has 0 saturated heterocycles.